The van der Waals surface area contributed by atoms with E-state index in [9.17, 15) is 9.59 Å². The third-order valence-electron chi connectivity index (χ3n) is 4.97. The van der Waals surface area contributed by atoms with E-state index in [1.807, 2.05) is 16.5 Å². The maximum Gasteiger partial charge on any atom is 0.332 e. The number of hydrazone groups is 1. The van der Waals surface area contributed by atoms with Gasteiger partial charge in [0.15, 0.2) is 11.2 Å². The number of anilines is 1. The molecule has 10 heteroatoms. The van der Waals surface area contributed by atoms with Gasteiger partial charge in [-0.15, -0.1) is 0 Å². The number of hydrogen-bond acceptors (Lipinski definition) is 7. The Balaban J connectivity index is 1.74. The fraction of sp³-hybridized carbons (Fsp3) is 0.625. The molecule has 0 amide bonds. The third-order valence-corrected chi connectivity index (χ3v) is 4.97. The highest BCUT2D eigenvalue weighted by atomic mass is 16.5. The van der Waals surface area contributed by atoms with Crippen LogP contribution < -0.4 is 16.3 Å². The van der Waals surface area contributed by atoms with E-state index in [4.69, 9.17) is 4.74 Å². The van der Waals surface area contributed by atoms with Crippen molar-refractivity contribution < 1.29 is 4.74 Å². The summed E-state index contributed by atoms with van der Waals surface area (Å²) >= 11 is 0. The predicted octanol–water partition coefficient (Wildman–Crippen LogP) is -1.04. The van der Waals surface area contributed by atoms with Crippen LogP contribution in [-0.4, -0.2) is 68.7 Å². The fourth-order valence-corrected chi connectivity index (χ4v) is 3.50. The molecule has 2 aliphatic rings. The number of aromatic nitrogens is 4. The van der Waals surface area contributed by atoms with Crippen LogP contribution >= 0.6 is 0 Å². The van der Waals surface area contributed by atoms with Crippen molar-refractivity contribution in [1.82, 2.24) is 23.6 Å². The van der Waals surface area contributed by atoms with Gasteiger partial charge < -0.3 is 4.74 Å². The van der Waals surface area contributed by atoms with Gasteiger partial charge in [0, 0.05) is 33.7 Å². The molecule has 0 aromatic carbocycles. The van der Waals surface area contributed by atoms with E-state index >= 15 is 0 Å². The van der Waals surface area contributed by atoms with Gasteiger partial charge in [-0.1, -0.05) is 0 Å². The third kappa shape index (κ3) is 2.65. The first-order chi connectivity index (χ1) is 12.5. The lowest BCUT2D eigenvalue weighted by molar-refractivity contribution is 0.0391. The first-order valence-electron chi connectivity index (χ1n) is 8.75. The number of nitrogens with zero attached hydrogens (tertiary/aromatic N) is 7. The van der Waals surface area contributed by atoms with Gasteiger partial charge in [-0.3, -0.25) is 23.4 Å². The molecule has 140 valence electrons. The van der Waals surface area contributed by atoms with Crippen LogP contribution in [0.4, 0.5) is 5.95 Å². The van der Waals surface area contributed by atoms with E-state index in [1.54, 1.807) is 7.05 Å². The van der Waals surface area contributed by atoms with Crippen LogP contribution in [0.2, 0.25) is 0 Å². The molecule has 1 saturated heterocycles. The lowest BCUT2D eigenvalue weighted by Crippen LogP contribution is -2.42. The number of imidazole rings is 1. The zero-order valence-electron chi connectivity index (χ0n) is 15.3. The Hall–Kier alpha value is -2.46. The van der Waals surface area contributed by atoms with Gasteiger partial charge >= 0.3 is 5.69 Å². The first-order valence-corrected chi connectivity index (χ1v) is 8.75. The number of ether oxygens (including phenoxy) is 1. The van der Waals surface area contributed by atoms with Gasteiger partial charge in [0.25, 0.3) is 5.56 Å². The summed E-state index contributed by atoms with van der Waals surface area (Å²) in [7, 11) is 3.12. The van der Waals surface area contributed by atoms with Crippen molar-refractivity contribution in [2.75, 3.05) is 44.4 Å². The average molecular weight is 361 g/mol. The second-order valence-electron chi connectivity index (χ2n) is 6.79. The zero-order chi connectivity index (χ0) is 18.4. The maximum atomic E-state index is 12.7. The Kier molecular flexibility index (Phi) is 4.16. The van der Waals surface area contributed by atoms with Crippen molar-refractivity contribution in [3.8, 4) is 0 Å². The smallest absolute Gasteiger partial charge is 0.332 e. The van der Waals surface area contributed by atoms with Crippen molar-refractivity contribution >= 4 is 22.8 Å². The molecule has 0 radical (unpaired) electrons. The molecule has 0 N–H and O–H groups in total. The molecular formula is C16H23N7O3. The predicted molar refractivity (Wildman–Crippen MR) is 97.9 cm³/mol. The molecule has 0 bridgehead atoms. The summed E-state index contributed by atoms with van der Waals surface area (Å²) in [4.78, 5) is 31.8. The van der Waals surface area contributed by atoms with Gasteiger partial charge in [-0.25, -0.2) is 9.80 Å². The lowest BCUT2D eigenvalue weighted by Gasteiger charge is -2.30. The standard InChI is InChI=1S/C16H23N7O3/c1-11-10-22-12-13(19(2)16(25)20(3)14(12)24)17-15(22)23(18-11)5-4-21-6-8-26-9-7-21/h4-10H2,1-3H3. The molecule has 10 nitrogen and oxygen atoms in total. The van der Waals surface area contributed by atoms with Gasteiger partial charge in [-0.05, 0) is 6.92 Å². The van der Waals surface area contributed by atoms with Crippen molar-refractivity contribution in [2.24, 2.45) is 19.2 Å². The Bertz CT molecular complexity index is 994. The Labute approximate surface area is 149 Å². The minimum atomic E-state index is -0.379. The molecule has 0 unspecified atom stereocenters. The number of hydrogen-bond donors (Lipinski definition) is 0. The summed E-state index contributed by atoms with van der Waals surface area (Å²) in [6.45, 7) is 7.23. The molecule has 0 saturated carbocycles. The minimum Gasteiger partial charge on any atom is -0.379 e. The summed E-state index contributed by atoms with van der Waals surface area (Å²) < 4.78 is 9.78. The van der Waals surface area contributed by atoms with Crippen LogP contribution in [0, 0.1) is 0 Å². The van der Waals surface area contributed by atoms with Crippen LogP contribution in [0.15, 0.2) is 14.7 Å². The maximum absolute atomic E-state index is 12.7. The molecule has 2 aliphatic heterocycles. The van der Waals surface area contributed by atoms with Gasteiger partial charge in [0.05, 0.1) is 32.0 Å². The quantitative estimate of drug-likeness (QED) is 0.694. The van der Waals surface area contributed by atoms with Crippen LogP contribution in [0.5, 0.6) is 0 Å². The number of rotatable bonds is 3. The molecule has 26 heavy (non-hydrogen) atoms. The summed E-state index contributed by atoms with van der Waals surface area (Å²) in [6.07, 6.45) is 0. The minimum absolute atomic E-state index is 0.329. The summed E-state index contributed by atoms with van der Waals surface area (Å²) in [6, 6.07) is 0. The second-order valence-corrected chi connectivity index (χ2v) is 6.79. The van der Waals surface area contributed by atoms with E-state index in [0.29, 0.717) is 30.2 Å². The molecule has 2 aromatic heterocycles. The van der Waals surface area contributed by atoms with Gasteiger partial charge in [-0.2, -0.15) is 10.1 Å². The largest absolute Gasteiger partial charge is 0.379 e. The highest BCUT2D eigenvalue weighted by molar-refractivity contribution is 5.87. The van der Waals surface area contributed by atoms with Gasteiger partial charge in [0.2, 0.25) is 5.95 Å². The summed E-state index contributed by atoms with van der Waals surface area (Å²) in [5.41, 5.74) is 1.03. The average Bonchev–Trinajstić information content (AvgIpc) is 3.03. The van der Waals surface area contributed by atoms with Crippen molar-refractivity contribution in [1.29, 1.82) is 0 Å². The first kappa shape index (κ1) is 17.0. The highest BCUT2D eigenvalue weighted by Crippen LogP contribution is 2.23. The summed E-state index contributed by atoms with van der Waals surface area (Å²) in [5, 5.41) is 6.45. The van der Waals surface area contributed by atoms with Crippen LogP contribution in [0.1, 0.15) is 6.92 Å². The van der Waals surface area contributed by atoms with Crippen molar-refractivity contribution in [2.45, 2.75) is 13.5 Å². The molecule has 0 aliphatic carbocycles. The Morgan fingerprint density at radius 3 is 2.54 bits per heavy atom. The topological polar surface area (TPSA) is 89.9 Å². The normalized spacial score (nSPS) is 18.3. The number of fused-ring (bicyclic) bond motifs is 3. The molecule has 0 spiro atoms. The second kappa shape index (κ2) is 6.36. The molecule has 2 aromatic rings. The lowest BCUT2D eigenvalue weighted by atomic mass is 10.3. The summed E-state index contributed by atoms with van der Waals surface area (Å²) in [5.74, 6) is 0.608. The fourth-order valence-electron chi connectivity index (χ4n) is 3.50. The number of morpholine rings is 1. The van der Waals surface area contributed by atoms with E-state index < -0.39 is 0 Å². The van der Waals surface area contributed by atoms with E-state index in [0.717, 1.165) is 43.1 Å². The monoisotopic (exact) mass is 361 g/mol. The van der Waals surface area contributed by atoms with Crippen LogP contribution in [0.3, 0.4) is 0 Å². The number of aryl methyl sites for hydroxylation is 1. The molecular weight excluding hydrogens is 338 g/mol. The molecule has 4 heterocycles. The SMILES string of the molecule is CC1=NN(CCN2CCOCC2)c2nc3c(c(=O)n(C)c(=O)n3C)n2C1. The van der Waals surface area contributed by atoms with E-state index in [-0.39, 0.29) is 11.2 Å². The van der Waals surface area contributed by atoms with Gasteiger partial charge in [0.1, 0.15) is 0 Å². The van der Waals surface area contributed by atoms with Crippen molar-refractivity contribution in [3.63, 3.8) is 0 Å². The Morgan fingerprint density at radius 1 is 1.08 bits per heavy atom. The molecule has 1 fully saturated rings. The Morgan fingerprint density at radius 2 is 1.81 bits per heavy atom. The van der Waals surface area contributed by atoms with E-state index in [1.165, 1.54) is 11.6 Å². The zero-order valence-corrected chi connectivity index (χ0v) is 15.3. The van der Waals surface area contributed by atoms with E-state index in [2.05, 4.69) is 15.0 Å². The molecule has 4 rings (SSSR count). The molecule has 0 atom stereocenters. The van der Waals surface area contributed by atoms with Crippen molar-refractivity contribution in [3.05, 3.63) is 20.8 Å². The van der Waals surface area contributed by atoms with Crippen LogP contribution in [-0.2, 0) is 25.4 Å². The van der Waals surface area contributed by atoms with Crippen LogP contribution in [0.25, 0.3) is 11.2 Å². The highest BCUT2D eigenvalue weighted by Gasteiger charge is 2.26.